The molecule has 0 aliphatic heterocycles. The number of rotatable bonds is 2. The maximum Gasteiger partial charge on any atom is 0.340 e. The highest BCUT2D eigenvalue weighted by Crippen LogP contribution is 2.15. The van der Waals surface area contributed by atoms with Gasteiger partial charge in [-0.05, 0) is 17.7 Å². The number of benzene rings is 1. The lowest BCUT2D eigenvalue weighted by atomic mass is 10.2. The summed E-state index contributed by atoms with van der Waals surface area (Å²) >= 11 is 5.83. The highest BCUT2D eigenvalue weighted by Gasteiger charge is 1.99. The molecule has 0 aliphatic rings. The van der Waals surface area contributed by atoms with Gasteiger partial charge in [-0.1, -0.05) is 29.8 Å². The zero-order valence-corrected chi connectivity index (χ0v) is 8.41. The molecule has 5 heteroatoms. The molecule has 0 fully saturated rings. The molecule has 3 amide bonds. The predicted molar refractivity (Wildman–Crippen MR) is 57.1 cm³/mol. The monoisotopic (exact) mass is 223 g/mol. The maximum atomic E-state index is 11.0. The van der Waals surface area contributed by atoms with Crippen LogP contribution in [0.1, 0.15) is 5.56 Å². The van der Waals surface area contributed by atoms with E-state index in [-0.39, 0.29) is 0 Å². The fraction of sp³-hybridized carbons (Fsp3) is 0. The van der Waals surface area contributed by atoms with E-state index in [1.54, 1.807) is 29.6 Å². The molecule has 0 atom stereocenters. The first kappa shape index (κ1) is 11.3. The van der Waals surface area contributed by atoms with Crippen molar-refractivity contribution in [1.82, 2.24) is 11.1 Å². The number of hydrogen-bond acceptors (Lipinski definition) is 2. The van der Waals surface area contributed by atoms with Gasteiger partial charge in [0.2, 0.25) is 0 Å². The maximum absolute atomic E-state index is 11.0. The van der Waals surface area contributed by atoms with Gasteiger partial charge < -0.3 is 0 Å². The van der Waals surface area contributed by atoms with Crippen molar-refractivity contribution in [1.29, 1.82) is 0 Å². The summed E-state index contributed by atoms with van der Waals surface area (Å²) in [5, 5.41) is 2.30. The number of halogens is 1. The molecule has 1 aromatic carbocycles. The van der Waals surface area contributed by atoms with E-state index < -0.39 is 11.9 Å². The van der Waals surface area contributed by atoms with Crippen LogP contribution in [0.15, 0.2) is 30.3 Å². The quantitative estimate of drug-likeness (QED) is 0.778. The third-order valence-corrected chi connectivity index (χ3v) is 1.90. The molecule has 0 bridgehead atoms. The second-order valence-electron chi connectivity index (χ2n) is 2.67. The van der Waals surface area contributed by atoms with Crippen molar-refractivity contribution in [2.75, 3.05) is 0 Å². The van der Waals surface area contributed by atoms with Crippen LogP contribution in [0.25, 0.3) is 6.08 Å². The summed E-state index contributed by atoms with van der Waals surface area (Å²) in [6.07, 6.45) is 2.62. The van der Waals surface area contributed by atoms with E-state index >= 15 is 0 Å². The van der Waals surface area contributed by atoms with Gasteiger partial charge in [0, 0.05) is 11.1 Å². The van der Waals surface area contributed by atoms with Crippen molar-refractivity contribution in [3.63, 3.8) is 0 Å². The second kappa shape index (κ2) is 5.17. The van der Waals surface area contributed by atoms with Gasteiger partial charge in [-0.3, -0.25) is 10.1 Å². The van der Waals surface area contributed by atoms with Gasteiger partial charge in [0.25, 0.3) is 5.91 Å². The molecule has 77 valence electrons. The van der Waals surface area contributed by atoms with Crippen LogP contribution >= 0.6 is 11.6 Å². The lowest BCUT2D eigenvalue weighted by molar-refractivity contribution is -0.115. The summed E-state index contributed by atoms with van der Waals surface area (Å²) in [6.45, 7) is 0. The summed E-state index contributed by atoms with van der Waals surface area (Å²) < 4.78 is 0. The van der Waals surface area contributed by atoms with Gasteiger partial charge >= 0.3 is 6.03 Å². The minimum atomic E-state index is -1.14. The van der Waals surface area contributed by atoms with Crippen LogP contribution in [0, 0.1) is 0 Å². The van der Waals surface area contributed by atoms with Crippen molar-refractivity contribution in [2.24, 2.45) is 0 Å². The van der Waals surface area contributed by atoms with Crippen LogP contribution < -0.4 is 11.1 Å². The van der Waals surface area contributed by atoms with Gasteiger partial charge in [0.15, 0.2) is 0 Å². The molecule has 0 heterocycles. The Kier molecular flexibility index (Phi) is 3.88. The Morgan fingerprint density at radius 2 is 2.00 bits per heavy atom. The Hall–Kier alpha value is -1.81. The third-order valence-electron chi connectivity index (χ3n) is 1.56. The van der Waals surface area contributed by atoms with E-state index in [4.69, 9.17) is 17.3 Å². The Bertz CT molecular complexity index is 416. The molecule has 0 unspecified atom stereocenters. The molecule has 1 radical (unpaired) electrons. The van der Waals surface area contributed by atoms with E-state index in [1.165, 1.54) is 6.08 Å². The molecular weight excluding hydrogens is 216 g/mol. The minimum absolute atomic E-state index is 0.513. The Morgan fingerprint density at radius 3 is 2.60 bits per heavy atom. The Labute approximate surface area is 91.7 Å². The van der Waals surface area contributed by atoms with Crippen LogP contribution in [0.5, 0.6) is 0 Å². The average Bonchev–Trinajstić information content (AvgIpc) is 2.15. The molecule has 1 rings (SSSR count). The summed E-state index contributed by atoms with van der Waals surface area (Å²) in [5.41, 5.74) is 7.18. The molecule has 0 saturated carbocycles. The molecule has 0 saturated heterocycles. The van der Waals surface area contributed by atoms with E-state index in [2.05, 4.69) is 0 Å². The van der Waals surface area contributed by atoms with Crippen molar-refractivity contribution in [3.05, 3.63) is 40.9 Å². The summed E-state index contributed by atoms with van der Waals surface area (Å²) in [4.78, 5) is 21.2. The first-order valence-corrected chi connectivity index (χ1v) is 4.46. The highest BCUT2D eigenvalue weighted by atomic mass is 35.5. The van der Waals surface area contributed by atoms with Crippen molar-refractivity contribution >= 4 is 29.6 Å². The Balaban J connectivity index is 2.70. The number of hydrogen-bond donors (Lipinski definition) is 1. The van der Waals surface area contributed by atoms with Gasteiger partial charge in [-0.2, -0.15) is 0 Å². The van der Waals surface area contributed by atoms with E-state index in [1.807, 2.05) is 0 Å². The first-order chi connectivity index (χ1) is 7.09. The van der Waals surface area contributed by atoms with Crippen LogP contribution in [0.2, 0.25) is 5.02 Å². The normalized spacial score (nSPS) is 10.2. The molecular formula is C10H8ClN2O2. The van der Waals surface area contributed by atoms with Gasteiger partial charge in [-0.25, -0.2) is 10.5 Å². The number of carbonyl (C=O) groups excluding carboxylic acids is 2. The van der Waals surface area contributed by atoms with Gasteiger partial charge in [-0.15, -0.1) is 0 Å². The fourth-order valence-corrected chi connectivity index (χ4v) is 1.13. The summed E-state index contributed by atoms with van der Waals surface area (Å²) in [6, 6.07) is 5.83. The largest absolute Gasteiger partial charge is 0.340 e. The third kappa shape index (κ3) is 3.83. The average molecular weight is 224 g/mol. The van der Waals surface area contributed by atoms with Gasteiger partial charge in [0.1, 0.15) is 0 Å². The van der Waals surface area contributed by atoms with Crippen LogP contribution in [-0.2, 0) is 4.79 Å². The smallest absolute Gasteiger partial charge is 0.273 e. The predicted octanol–water partition coefficient (Wildman–Crippen LogP) is 1.87. The van der Waals surface area contributed by atoms with E-state index in [9.17, 15) is 9.59 Å². The summed E-state index contributed by atoms with van der Waals surface area (Å²) in [7, 11) is 0. The topological polar surface area (TPSA) is 70.0 Å². The number of imide groups is 1. The van der Waals surface area contributed by atoms with Crippen molar-refractivity contribution in [3.8, 4) is 0 Å². The van der Waals surface area contributed by atoms with Crippen LogP contribution in [0.4, 0.5) is 4.79 Å². The minimum Gasteiger partial charge on any atom is -0.273 e. The molecule has 2 N–H and O–H groups in total. The standard InChI is InChI=1S/C10H8ClN2O2/c11-8-4-2-1-3-7(8)5-6-9(14)13-10(12)15/h1-6,12H,(H,13,14,15)/b6-5+. The molecule has 0 spiro atoms. The molecule has 0 aliphatic carbocycles. The first-order valence-electron chi connectivity index (χ1n) is 4.09. The van der Waals surface area contributed by atoms with Crippen molar-refractivity contribution in [2.45, 2.75) is 0 Å². The molecule has 0 aromatic heterocycles. The zero-order chi connectivity index (χ0) is 11.3. The van der Waals surface area contributed by atoms with Crippen LogP contribution in [-0.4, -0.2) is 11.9 Å². The molecule has 1 aromatic rings. The second-order valence-corrected chi connectivity index (χ2v) is 3.08. The van der Waals surface area contributed by atoms with Gasteiger partial charge in [0.05, 0.1) is 0 Å². The number of nitrogens with one attached hydrogen (secondary N) is 2. The molecule has 15 heavy (non-hydrogen) atoms. The lowest BCUT2D eigenvalue weighted by Crippen LogP contribution is -2.27. The summed E-state index contributed by atoms with van der Waals surface area (Å²) in [5.74, 6) is -0.644. The number of amides is 3. The van der Waals surface area contributed by atoms with E-state index in [0.29, 0.717) is 10.6 Å². The number of urea groups is 1. The molecule has 4 nitrogen and oxygen atoms in total. The highest BCUT2D eigenvalue weighted by molar-refractivity contribution is 6.32. The SMILES string of the molecule is [NH]C(=O)NC(=O)/C=C/c1ccccc1Cl. The zero-order valence-electron chi connectivity index (χ0n) is 7.66. The van der Waals surface area contributed by atoms with E-state index in [0.717, 1.165) is 6.08 Å². The lowest BCUT2D eigenvalue weighted by Gasteiger charge is -1.96. The fourth-order valence-electron chi connectivity index (χ4n) is 0.929. The Morgan fingerprint density at radius 1 is 1.33 bits per heavy atom. The number of carbonyl (C=O) groups is 2. The van der Waals surface area contributed by atoms with Crippen LogP contribution in [0.3, 0.4) is 0 Å². The van der Waals surface area contributed by atoms with Crippen molar-refractivity contribution < 1.29 is 9.59 Å².